The Kier molecular flexibility index (Phi) is 6.68. The molecule has 4 nitrogen and oxygen atoms in total. The number of halogens is 2. The quantitative estimate of drug-likeness (QED) is 0.812. The summed E-state index contributed by atoms with van der Waals surface area (Å²) in [5.74, 6) is -0.836. The highest BCUT2D eigenvalue weighted by atomic mass is 79.9. The molecule has 0 saturated carbocycles. The number of thioether (sulfide) groups is 1. The molecule has 0 aromatic heterocycles. The molecule has 7 heteroatoms. The first kappa shape index (κ1) is 16.3. The molecule has 0 heterocycles. The van der Waals surface area contributed by atoms with E-state index in [0.29, 0.717) is 27.2 Å². The summed E-state index contributed by atoms with van der Waals surface area (Å²) in [4.78, 5) is 23.1. The second-order valence-electron chi connectivity index (χ2n) is 3.77. The molecule has 1 aromatic rings. The highest BCUT2D eigenvalue weighted by Crippen LogP contribution is 2.21. The van der Waals surface area contributed by atoms with Gasteiger partial charge in [0.25, 0.3) is 5.91 Å². The van der Waals surface area contributed by atoms with E-state index in [2.05, 4.69) is 21.2 Å². The number of amides is 1. The molecule has 1 amide bonds. The maximum atomic E-state index is 12.0. The first-order valence-corrected chi connectivity index (χ1v) is 8.00. The van der Waals surface area contributed by atoms with Gasteiger partial charge in [-0.2, -0.15) is 11.8 Å². The zero-order valence-corrected chi connectivity index (χ0v) is 13.3. The number of carbonyl (C=O) groups is 2. The number of carbonyl (C=O) groups excluding carboxylic acids is 1. The molecule has 0 radical (unpaired) electrons. The highest BCUT2D eigenvalue weighted by Gasteiger charge is 2.21. The number of hydrogen-bond acceptors (Lipinski definition) is 3. The fraction of sp³-hybridized carbons (Fsp3) is 0.333. The number of benzene rings is 1. The maximum Gasteiger partial charge on any atom is 0.326 e. The van der Waals surface area contributed by atoms with Crippen LogP contribution in [0.5, 0.6) is 0 Å². The minimum absolute atomic E-state index is 0.322. The number of carboxylic acid groups (broad SMARTS) is 1. The lowest BCUT2D eigenvalue weighted by Crippen LogP contribution is -2.41. The molecule has 0 aliphatic carbocycles. The minimum Gasteiger partial charge on any atom is -0.480 e. The topological polar surface area (TPSA) is 66.4 Å². The molecule has 104 valence electrons. The first-order valence-electron chi connectivity index (χ1n) is 5.43. The van der Waals surface area contributed by atoms with Crippen molar-refractivity contribution >= 4 is 51.2 Å². The number of rotatable bonds is 6. The van der Waals surface area contributed by atoms with Gasteiger partial charge in [0.05, 0.1) is 5.56 Å². The second-order valence-corrected chi connectivity index (χ2v) is 6.05. The summed E-state index contributed by atoms with van der Waals surface area (Å²) in [5.41, 5.74) is 0.322. The van der Waals surface area contributed by atoms with Crippen molar-refractivity contribution in [1.82, 2.24) is 5.32 Å². The summed E-state index contributed by atoms with van der Waals surface area (Å²) in [7, 11) is 0. The molecular weight excluding hydrogens is 354 g/mol. The molecule has 1 unspecified atom stereocenters. The zero-order valence-electron chi connectivity index (χ0n) is 10.2. The number of carboxylic acids is 1. The van der Waals surface area contributed by atoms with E-state index in [4.69, 9.17) is 16.7 Å². The molecule has 1 rings (SSSR count). The predicted octanol–water partition coefficient (Wildman–Crippen LogP) is 3.04. The van der Waals surface area contributed by atoms with Crippen molar-refractivity contribution in [1.29, 1.82) is 0 Å². The molecule has 0 aliphatic heterocycles. The van der Waals surface area contributed by atoms with Gasteiger partial charge in [-0.15, -0.1) is 0 Å². The van der Waals surface area contributed by atoms with Crippen LogP contribution in [-0.2, 0) is 4.79 Å². The molecule has 1 atom stereocenters. The van der Waals surface area contributed by atoms with Gasteiger partial charge in [0.1, 0.15) is 6.04 Å². The summed E-state index contributed by atoms with van der Waals surface area (Å²) in [6.07, 6.45) is 2.26. The number of nitrogens with one attached hydrogen (secondary N) is 1. The van der Waals surface area contributed by atoms with Crippen LogP contribution in [0.3, 0.4) is 0 Å². The summed E-state index contributed by atoms with van der Waals surface area (Å²) in [5, 5.41) is 12.0. The lowest BCUT2D eigenvalue weighted by atomic mass is 10.1. The SMILES string of the molecule is CSCCC(NC(=O)c1cc(Cl)ccc1Br)C(=O)O. The summed E-state index contributed by atoms with van der Waals surface area (Å²) in [6, 6.07) is 3.89. The Balaban J connectivity index is 2.81. The Morgan fingerprint density at radius 3 is 2.79 bits per heavy atom. The van der Waals surface area contributed by atoms with E-state index in [1.54, 1.807) is 12.1 Å². The van der Waals surface area contributed by atoms with Gasteiger partial charge >= 0.3 is 5.97 Å². The van der Waals surface area contributed by atoms with E-state index in [9.17, 15) is 9.59 Å². The summed E-state index contributed by atoms with van der Waals surface area (Å²) in [6.45, 7) is 0. The van der Waals surface area contributed by atoms with Crippen LogP contribution in [0.4, 0.5) is 0 Å². The van der Waals surface area contributed by atoms with Crippen LogP contribution in [0.25, 0.3) is 0 Å². The lowest BCUT2D eigenvalue weighted by Gasteiger charge is -2.14. The van der Waals surface area contributed by atoms with Crippen molar-refractivity contribution in [3.8, 4) is 0 Å². The van der Waals surface area contributed by atoms with E-state index >= 15 is 0 Å². The van der Waals surface area contributed by atoms with E-state index in [1.807, 2.05) is 6.26 Å². The van der Waals surface area contributed by atoms with E-state index in [1.165, 1.54) is 17.8 Å². The van der Waals surface area contributed by atoms with Gasteiger partial charge in [0.15, 0.2) is 0 Å². The van der Waals surface area contributed by atoms with Crippen molar-refractivity contribution in [3.05, 3.63) is 33.3 Å². The van der Waals surface area contributed by atoms with Crippen LogP contribution in [0, 0.1) is 0 Å². The Bertz CT molecular complexity index is 484. The monoisotopic (exact) mass is 365 g/mol. The molecule has 1 aromatic carbocycles. The second kappa shape index (κ2) is 7.77. The van der Waals surface area contributed by atoms with Crippen LogP contribution in [0.2, 0.25) is 5.02 Å². The minimum atomic E-state index is -1.04. The van der Waals surface area contributed by atoms with Crippen molar-refractivity contribution in [2.75, 3.05) is 12.0 Å². The smallest absolute Gasteiger partial charge is 0.326 e. The van der Waals surface area contributed by atoms with E-state index in [-0.39, 0.29) is 0 Å². The van der Waals surface area contributed by atoms with Gasteiger partial charge in [0, 0.05) is 9.50 Å². The summed E-state index contributed by atoms with van der Waals surface area (Å²) >= 11 is 10.6. The Morgan fingerprint density at radius 2 is 2.21 bits per heavy atom. The van der Waals surface area contributed by atoms with Crippen LogP contribution < -0.4 is 5.32 Å². The first-order chi connectivity index (χ1) is 8.95. The highest BCUT2D eigenvalue weighted by molar-refractivity contribution is 9.10. The summed E-state index contributed by atoms with van der Waals surface area (Å²) < 4.78 is 0.573. The van der Waals surface area contributed by atoms with Crippen LogP contribution >= 0.6 is 39.3 Å². The fourth-order valence-corrected chi connectivity index (χ4v) is 2.47. The molecule has 0 saturated heterocycles. The maximum absolute atomic E-state index is 12.0. The number of hydrogen-bond donors (Lipinski definition) is 2. The normalized spacial score (nSPS) is 11.9. The average molecular weight is 367 g/mol. The average Bonchev–Trinajstić information content (AvgIpc) is 2.36. The molecule has 2 N–H and O–H groups in total. The Labute approximate surface area is 129 Å². The van der Waals surface area contributed by atoms with Crippen molar-refractivity contribution < 1.29 is 14.7 Å². The van der Waals surface area contributed by atoms with Crippen molar-refractivity contribution in [2.24, 2.45) is 0 Å². The van der Waals surface area contributed by atoms with E-state index in [0.717, 1.165) is 0 Å². The zero-order chi connectivity index (χ0) is 14.4. The van der Waals surface area contributed by atoms with Gasteiger partial charge in [-0.1, -0.05) is 11.6 Å². The molecule has 0 spiro atoms. The largest absolute Gasteiger partial charge is 0.480 e. The van der Waals surface area contributed by atoms with Crippen molar-refractivity contribution in [2.45, 2.75) is 12.5 Å². The molecule has 0 bridgehead atoms. The molecule has 0 aliphatic rings. The fourth-order valence-electron chi connectivity index (χ4n) is 1.40. The van der Waals surface area contributed by atoms with Crippen molar-refractivity contribution in [3.63, 3.8) is 0 Å². The standard InChI is InChI=1S/C12H13BrClNO3S/c1-19-5-4-10(12(17)18)15-11(16)8-6-7(14)2-3-9(8)13/h2-3,6,10H,4-5H2,1H3,(H,15,16)(H,17,18). The third-order valence-electron chi connectivity index (χ3n) is 2.39. The van der Waals surface area contributed by atoms with Gasteiger partial charge in [-0.05, 0) is 52.6 Å². The Hall–Kier alpha value is -0.720. The van der Waals surface area contributed by atoms with Crippen LogP contribution in [0.1, 0.15) is 16.8 Å². The molecule has 19 heavy (non-hydrogen) atoms. The lowest BCUT2D eigenvalue weighted by molar-refractivity contribution is -0.139. The van der Waals surface area contributed by atoms with E-state index < -0.39 is 17.9 Å². The van der Waals surface area contributed by atoms with Gasteiger partial charge in [-0.25, -0.2) is 4.79 Å². The predicted molar refractivity (Wildman–Crippen MR) is 81.0 cm³/mol. The third-order valence-corrected chi connectivity index (χ3v) is 3.96. The van der Waals surface area contributed by atoms with Gasteiger partial charge < -0.3 is 10.4 Å². The molecule has 0 fully saturated rings. The Morgan fingerprint density at radius 1 is 1.53 bits per heavy atom. The van der Waals surface area contributed by atoms with Crippen LogP contribution in [-0.4, -0.2) is 35.0 Å². The van der Waals surface area contributed by atoms with Gasteiger partial charge in [-0.3, -0.25) is 4.79 Å². The van der Waals surface area contributed by atoms with Gasteiger partial charge in [0.2, 0.25) is 0 Å². The third kappa shape index (κ3) is 5.04. The van der Waals surface area contributed by atoms with Crippen LogP contribution in [0.15, 0.2) is 22.7 Å². The molecular formula is C12H13BrClNO3S. The number of aliphatic carboxylic acids is 1.